The van der Waals surface area contributed by atoms with Gasteiger partial charge in [0.1, 0.15) is 0 Å². The van der Waals surface area contributed by atoms with Crippen LogP contribution in [0.1, 0.15) is 13.3 Å². The number of ether oxygens (including phenoxy) is 2. The highest BCUT2D eigenvalue weighted by Gasteiger charge is 2.36. The molecule has 1 heterocycles. The monoisotopic (exact) mass is 204 g/mol. The Bertz CT molecular complexity index is 212. The lowest BCUT2D eigenvalue weighted by Gasteiger charge is -2.37. The number of methoxy groups -OCH3 is 1. The van der Waals surface area contributed by atoms with Crippen molar-refractivity contribution in [2.45, 2.75) is 37.9 Å². The average Bonchev–Trinajstić information content (AvgIpc) is 2.08. The maximum Gasteiger partial charge on any atom is 0.312 e. The first kappa shape index (κ1) is 11.2. The van der Waals surface area contributed by atoms with E-state index in [-0.39, 0.29) is 18.2 Å². The third-order valence-electron chi connectivity index (χ3n) is 2.32. The number of nitrogens with one attached hydrogen (secondary N) is 1. The molecule has 1 fully saturated rings. The van der Waals surface area contributed by atoms with Crippen molar-refractivity contribution in [1.82, 2.24) is 5.32 Å². The predicted molar refractivity (Wildman–Crippen MR) is 48.5 cm³/mol. The Morgan fingerprint density at radius 3 is 2.86 bits per heavy atom. The topological polar surface area (TPSA) is 93.8 Å². The Morgan fingerprint density at radius 1 is 1.71 bits per heavy atom. The van der Waals surface area contributed by atoms with Crippen LogP contribution < -0.4 is 11.1 Å². The molecule has 82 valence electrons. The zero-order chi connectivity index (χ0) is 10.7. The molecule has 0 aliphatic carbocycles. The van der Waals surface area contributed by atoms with Crippen LogP contribution in [0.15, 0.2) is 0 Å². The molecule has 4 atom stereocenters. The molecule has 1 saturated heterocycles. The standard InChI is InChI=1S/C8H16N2O4/c1-4-7(10-8(9)12)5(13-2)3-6(11)14-4/h4-7,11H,3H2,1-2H3,(H3,9,10,12)/t4-,5-,6+,7+/m0/s1. The van der Waals surface area contributed by atoms with Crippen LogP contribution in [0.5, 0.6) is 0 Å². The molecular weight excluding hydrogens is 188 g/mol. The van der Waals surface area contributed by atoms with Crippen molar-refractivity contribution < 1.29 is 19.4 Å². The first-order chi connectivity index (χ1) is 6.54. The zero-order valence-corrected chi connectivity index (χ0v) is 8.27. The lowest BCUT2D eigenvalue weighted by molar-refractivity contribution is -0.199. The molecule has 1 aliphatic rings. The van der Waals surface area contributed by atoms with Gasteiger partial charge in [-0.05, 0) is 6.92 Å². The highest BCUT2D eigenvalue weighted by molar-refractivity contribution is 5.72. The minimum atomic E-state index is -0.846. The molecule has 1 aliphatic heterocycles. The van der Waals surface area contributed by atoms with Gasteiger partial charge in [0.15, 0.2) is 6.29 Å². The summed E-state index contributed by atoms with van der Waals surface area (Å²) in [4.78, 5) is 10.7. The quantitative estimate of drug-likeness (QED) is 0.547. The van der Waals surface area contributed by atoms with Gasteiger partial charge < -0.3 is 25.6 Å². The van der Waals surface area contributed by atoms with Crippen molar-refractivity contribution in [1.29, 1.82) is 0 Å². The molecule has 2 amide bonds. The van der Waals surface area contributed by atoms with Gasteiger partial charge in [0.2, 0.25) is 0 Å². The van der Waals surface area contributed by atoms with Crippen LogP contribution in [0, 0.1) is 0 Å². The summed E-state index contributed by atoms with van der Waals surface area (Å²) in [5.74, 6) is 0. The number of hydrogen-bond donors (Lipinski definition) is 3. The van der Waals surface area contributed by atoms with Crippen LogP contribution in [0.3, 0.4) is 0 Å². The third-order valence-corrected chi connectivity index (χ3v) is 2.32. The fourth-order valence-corrected chi connectivity index (χ4v) is 1.65. The van der Waals surface area contributed by atoms with Crippen LogP contribution in [-0.4, -0.2) is 42.8 Å². The number of carbonyl (C=O) groups excluding carboxylic acids is 1. The maximum absolute atomic E-state index is 10.7. The van der Waals surface area contributed by atoms with Crippen molar-refractivity contribution in [2.75, 3.05) is 7.11 Å². The fourth-order valence-electron chi connectivity index (χ4n) is 1.65. The zero-order valence-electron chi connectivity index (χ0n) is 8.27. The molecular formula is C8H16N2O4. The summed E-state index contributed by atoms with van der Waals surface area (Å²) in [5, 5.41) is 11.8. The summed E-state index contributed by atoms with van der Waals surface area (Å²) in [6.07, 6.45) is -1.12. The number of urea groups is 1. The first-order valence-corrected chi connectivity index (χ1v) is 4.47. The molecule has 6 nitrogen and oxygen atoms in total. The second-order valence-corrected chi connectivity index (χ2v) is 3.34. The largest absolute Gasteiger partial charge is 0.379 e. The van der Waals surface area contributed by atoms with E-state index in [1.165, 1.54) is 7.11 Å². The molecule has 0 aromatic rings. The van der Waals surface area contributed by atoms with E-state index in [1.807, 2.05) is 0 Å². The van der Waals surface area contributed by atoms with Gasteiger partial charge in [0, 0.05) is 13.5 Å². The SMILES string of the molecule is CO[C@H]1C[C@H](O)O[C@@H](C)[C@H]1NC(N)=O. The number of carbonyl (C=O) groups is 1. The number of aliphatic hydroxyl groups is 1. The number of primary amides is 1. The minimum absolute atomic E-state index is 0.277. The molecule has 0 radical (unpaired) electrons. The highest BCUT2D eigenvalue weighted by atomic mass is 16.6. The fraction of sp³-hybridized carbons (Fsp3) is 0.875. The normalized spacial score (nSPS) is 37.9. The average molecular weight is 204 g/mol. The van der Waals surface area contributed by atoms with Gasteiger partial charge in [-0.15, -0.1) is 0 Å². The Kier molecular flexibility index (Phi) is 3.68. The molecule has 4 N–H and O–H groups in total. The van der Waals surface area contributed by atoms with Gasteiger partial charge in [-0.2, -0.15) is 0 Å². The van der Waals surface area contributed by atoms with Gasteiger partial charge in [-0.3, -0.25) is 0 Å². The lowest BCUT2D eigenvalue weighted by atomic mass is 9.99. The van der Waals surface area contributed by atoms with Crippen LogP contribution in [-0.2, 0) is 9.47 Å². The highest BCUT2D eigenvalue weighted by Crippen LogP contribution is 2.20. The number of nitrogens with two attached hydrogens (primary N) is 1. The van der Waals surface area contributed by atoms with Crippen LogP contribution in [0.4, 0.5) is 4.79 Å². The van der Waals surface area contributed by atoms with Crippen molar-refractivity contribution >= 4 is 6.03 Å². The summed E-state index contributed by atoms with van der Waals surface area (Å²) in [7, 11) is 1.52. The van der Waals surface area contributed by atoms with Crippen molar-refractivity contribution in [2.24, 2.45) is 5.73 Å². The number of rotatable bonds is 2. The predicted octanol–water partition coefficient (Wildman–Crippen LogP) is -0.834. The molecule has 0 saturated carbocycles. The van der Waals surface area contributed by atoms with E-state index in [9.17, 15) is 9.90 Å². The molecule has 0 bridgehead atoms. The molecule has 1 rings (SSSR count). The van der Waals surface area contributed by atoms with Gasteiger partial charge in [0.25, 0.3) is 0 Å². The number of hydrogen-bond acceptors (Lipinski definition) is 4. The summed E-state index contributed by atoms with van der Waals surface area (Å²) < 4.78 is 10.3. The second-order valence-electron chi connectivity index (χ2n) is 3.34. The van der Waals surface area contributed by atoms with Gasteiger partial charge in [0.05, 0.1) is 18.2 Å². The summed E-state index contributed by atoms with van der Waals surface area (Å²) in [6, 6.07) is -0.940. The smallest absolute Gasteiger partial charge is 0.312 e. The van der Waals surface area contributed by atoms with E-state index in [2.05, 4.69) is 5.32 Å². The molecule has 0 unspecified atom stereocenters. The Hall–Kier alpha value is -0.850. The Labute approximate surface area is 82.4 Å². The lowest BCUT2D eigenvalue weighted by Crippen LogP contribution is -2.57. The molecule has 14 heavy (non-hydrogen) atoms. The maximum atomic E-state index is 10.7. The summed E-state index contributed by atoms with van der Waals surface area (Å²) in [5.41, 5.74) is 5.01. The Balaban J connectivity index is 2.63. The molecule has 6 heteroatoms. The van der Waals surface area contributed by atoms with E-state index in [0.717, 1.165) is 0 Å². The van der Waals surface area contributed by atoms with E-state index < -0.39 is 12.3 Å². The first-order valence-electron chi connectivity index (χ1n) is 4.47. The van der Waals surface area contributed by atoms with Crippen LogP contribution >= 0.6 is 0 Å². The number of amides is 2. The van der Waals surface area contributed by atoms with Crippen molar-refractivity contribution in [3.05, 3.63) is 0 Å². The van der Waals surface area contributed by atoms with E-state index in [4.69, 9.17) is 15.2 Å². The summed E-state index contributed by atoms with van der Waals surface area (Å²) >= 11 is 0. The molecule has 0 spiro atoms. The summed E-state index contributed by atoms with van der Waals surface area (Å²) in [6.45, 7) is 1.75. The van der Waals surface area contributed by atoms with Gasteiger partial charge >= 0.3 is 6.03 Å². The van der Waals surface area contributed by atoms with Gasteiger partial charge in [-0.1, -0.05) is 0 Å². The van der Waals surface area contributed by atoms with Crippen molar-refractivity contribution in [3.63, 3.8) is 0 Å². The van der Waals surface area contributed by atoms with Crippen LogP contribution in [0.25, 0.3) is 0 Å². The van der Waals surface area contributed by atoms with Gasteiger partial charge in [-0.25, -0.2) is 4.79 Å². The Morgan fingerprint density at radius 2 is 2.36 bits per heavy atom. The van der Waals surface area contributed by atoms with Crippen molar-refractivity contribution in [3.8, 4) is 0 Å². The van der Waals surface area contributed by atoms with Crippen LogP contribution in [0.2, 0.25) is 0 Å². The van der Waals surface area contributed by atoms with E-state index in [0.29, 0.717) is 6.42 Å². The minimum Gasteiger partial charge on any atom is -0.379 e. The molecule has 0 aromatic heterocycles. The second kappa shape index (κ2) is 4.59. The molecule has 0 aromatic carbocycles. The number of aliphatic hydroxyl groups excluding tert-OH is 1. The van der Waals surface area contributed by atoms with E-state index in [1.54, 1.807) is 6.92 Å². The third kappa shape index (κ3) is 2.57. The van der Waals surface area contributed by atoms with E-state index >= 15 is 0 Å².